The fourth-order valence-corrected chi connectivity index (χ4v) is 3.19. The van der Waals surface area contributed by atoms with Gasteiger partial charge in [-0.15, -0.1) is 0 Å². The van der Waals surface area contributed by atoms with Crippen molar-refractivity contribution in [2.24, 2.45) is 5.73 Å². The molecule has 4 nitrogen and oxygen atoms in total. The highest BCUT2D eigenvalue weighted by Gasteiger charge is 2.24. The highest BCUT2D eigenvalue weighted by Crippen LogP contribution is 2.22. The van der Waals surface area contributed by atoms with E-state index in [1.165, 1.54) is 0 Å². The molecule has 1 aliphatic rings. The number of nitrogens with zero attached hydrogens (tertiary/aromatic N) is 2. The van der Waals surface area contributed by atoms with Crippen molar-refractivity contribution >= 4 is 17.7 Å². The summed E-state index contributed by atoms with van der Waals surface area (Å²) in [5.41, 5.74) is 6.96. The quantitative estimate of drug-likeness (QED) is 0.874. The van der Waals surface area contributed by atoms with E-state index in [9.17, 15) is 4.79 Å². The first kappa shape index (κ1) is 12.4. The number of carbonyl (C=O) groups excluding carboxylic acids is 1. The van der Waals surface area contributed by atoms with Crippen molar-refractivity contribution in [2.45, 2.75) is 19.0 Å². The van der Waals surface area contributed by atoms with Crippen LogP contribution in [-0.2, 0) is 6.54 Å². The van der Waals surface area contributed by atoms with Gasteiger partial charge in [0.05, 0.1) is 5.69 Å². The third kappa shape index (κ3) is 2.79. The van der Waals surface area contributed by atoms with Crippen LogP contribution in [0.3, 0.4) is 0 Å². The van der Waals surface area contributed by atoms with E-state index < -0.39 is 0 Å². The van der Waals surface area contributed by atoms with Gasteiger partial charge in [0.15, 0.2) is 0 Å². The van der Waals surface area contributed by atoms with Crippen LogP contribution in [0.2, 0.25) is 0 Å². The fraction of sp³-hybridized carbons (Fsp3) is 0.500. The van der Waals surface area contributed by atoms with Crippen LogP contribution in [0.5, 0.6) is 0 Å². The molecule has 92 valence electrons. The normalized spacial score (nSPS) is 19.3. The number of amides is 1. The van der Waals surface area contributed by atoms with Gasteiger partial charge in [-0.05, 0) is 24.3 Å². The molecule has 1 amide bonds. The summed E-state index contributed by atoms with van der Waals surface area (Å²) < 4.78 is 0. The van der Waals surface area contributed by atoms with E-state index in [-0.39, 0.29) is 5.91 Å². The smallest absolute Gasteiger partial charge is 0.253 e. The number of hydrogen-bond donors (Lipinski definition) is 1. The minimum absolute atomic E-state index is 0.0644. The Kier molecular flexibility index (Phi) is 4.02. The molecular weight excluding hydrogens is 234 g/mol. The number of rotatable bonds is 3. The zero-order valence-electron chi connectivity index (χ0n) is 9.93. The third-order valence-corrected chi connectivity index (χ3v) is 4.19. The van der Waals surface area contributed by atoms with Crippen LogP contribution in [0.25, 0.3) is 0 Å². The van der Waals surface area contributed by atoms with Crippen molar-refractivity contribution in [3.8, 4) is 0 Å². The van der Waals surface area contributed by atoms with E-state index in [1.807, 2.05) is 23.7 Å². The van der Waals surface area contributed by atoms with E-state index in [4.69, 9.17) is 5.73 Å². The number of hydrogen-bond acceptors (Lipinski definition) is 4. The summed E-state index contributed by atoms with van der Waals surface area (Å²) in [5, 5.41) is 0. The summed E-state index contributed by atoms with van der Waals surface area (Å²) in [4.78, 5) is 18.2. The molecule has 17 heavy (non-hydrogen) atoms. The Morgan fingerprint density at radius 2 is 2.53 bits per heavy atom. The molecule has 5 heteroatoms. The lowest BCUT2D eigenvalue weighted by Crippen LogP contribution is -2.37. The van der Waals surface area contributed by atoms with Gasteiger partial charge in [-0.3, -0.25) is 9.78 Å². The molecule has 2 rings (SSSR count). The van der Waals surface area contributed by atoms with Gasteiger partial charge in [0.1, 0.15) is 0 Å². The van der Waals surface area contributed by atoms with Crippen molar-refractivity contribution in [3.63, 3.8) is 0 Å². The Hall–Kier alpha value is -1.07. The SMILES string of the molecule is CN(C(=O)c1ccnc(CN)c1)C1CCSC1. The second-order valence-corrected chi connectivity index (χ2v) is 5.32. The van der Waals surface area contributed by atoms with E-state index >= 15 is 0 Å². The van der Waals surface area contributed by atoms with Crippen molar-refractivity contribution in [1.82, 2.24) is 9.88 Å². The van der Waals surface area contributed by atoms with Gasteiger partial charge in [0.2, 0.25) is 0 Å². The summed E-state index contributed by atoms with van der Waals surface area (Å²) in [6.07, 6.45) is 2.73. The lowest BCUT2D eigenvalue weighted by molar-refractivity contribution is 0.0747. The van der Waals surface area contributed by atoms with E-state index in [0.717, 1.165) is 23.6 Å². The second kappa shape index (κ2) is 5.51. The number of nitrogens with two attached hydrogens (primary N) is 1. The topological polar surface area (TPSA) is 59.2 Å². The van der Waals surface area contributed by atoms with E-state index in [2.05, 4.69) is 4.98 Å². The predicted octanol–water partition coefficient (Wildman–Crippen LogP) is 1.12. The average molecular weight is 251 g/mol. The first-order valence-electron chi connectivity index (χ1n) is 5.72. The van der Waals surface area contributed by atoms with Crippen LogP contribution in [0.1, 0.15) is 22.5 Å². The Bertz CT molecular complexity index is 404. The Morgan fingerprint density at radius 1 is 1.71 bits per heavy atom. The van der Waals surface area contributed by atoms with Gasteiger partial charge in [-0.2, -0.15) is 11.8 Å². The maximum absolute atomic E-state index is 12.2. The first-order chi connectivity index (χ1) is 8.22. The van der Waals surface area contributed by atoms with Crippen molar-refractivity contribution in [3.05, 3.63) is 29.6 Å². The lowest BCUT2D eigenvalue weighted by Gasteiger charge is -2.23. The lowest BCUT2D eigenvalue weighted by atomic mass is 10.1. The minimum Gasteiger partial charge on any atom is -0.338 e. The molecule has 0 saturated carbocycles. The summed E-state index contributed by atoms with van der Waals surface area (Å²) in [6, 6.07) is 3.89. The standard InChI is InChI=1S/C12H17N3OS/c1-15(11-3-5-17-8-11)12(16)9-2-4-14-10(6-9)7-13/h2,4,6,11H,3,5,7-8,13H2,1H3. The molecule has 0 aromatic carbocycles. The summed E-state index contributed by atoms with van der Waals surface area (Å²) in [7, 11) is 1.88. The number of aromatic nitrogens is 1. The van der Waals surface area contributed by atoms with E-state index in [0.29, 0.717) is 18.2 Å². The zero-order chi connectivity index (χ0) is 12.3. The van der Waals surface area contributed by atoms with Crippen LogP contribution in [0, 0.1) is 0 Å². The highest BCUT2D eigenvalue weighted by atomic mass is 32.2. The van der Waals surface area contributed by atoms with Crippen LogP contribution < -0.4 is 5.73 Å². The molecule has 1 aromatic rings. The summed E-state index contributed by atoms with van der Waals surface area (Å²) in [5.74, 6) is 2.25. The molecule has 1 atom stereocenters. The zero-order valence-corrected chi connectivity index (χ0v) is 10.7. The van der Waals surface area contributed by atoms with E-state index in [1.54, 1.807) is 18.3 Å². The molecule has 2 N–H and O–H groups in total. The van der Waals surface area contributed by atoms with Gasteiger partial charge in [0.25, 0.3) is 5.91 Å². The first-order valence-corrected chi connectivity index (χ1v) is 6.87. The molecule has 1 aliphatic heterocycles. The van der Waals surface area contributed by atoms with Gasteiger partial charge < -0.3 is 10.6 Å². The molecule has 1 unspecified atom stereocenters. The Balaban J connectivity index is 2.12. The molecular formula is C12H17N3OS. The third-order valence-electron chi connectivity index (χ3n) is 3.05. The van der Waals surface area contributed by atoms with Crippen molar-refractivity contribution < 1.29 is 4.79 Å². The number of carbonyl (C=O) groups is 1. The molecule has 1 fully saturated rings. The van der Waals surface area contributed by atoms with Gasteiger partial charge in [-0.1, -0.05) is 0 Å². The second-order valence-electron chi connectivity index (χ2n) is 4.17. The fourth-order valence-electron chi connectivity index (χ4n) is 1.92. The largest absolute Gasteiger partial charge is 0.338 e. The van der Waals surface area contributed by atoms with Crippen LogP contribution in [-0.4, -0.2) is 40.4 Å². The van der Waals surface area contributed by atoms with Crippen LogP contribution in [0.4, 0.5) is 0 Å². The summed E-state index contributed by atoms with van der Waals surface area (Å²) in [6.45, 7) is 0.365. The molecule has 2 heterocycles. The molecule has 0 bridgehead atoms. The van der Waals surface area contributed by atoms with Crippen LogP contribution in [0.15, 0.2) is 18.3 Å². The highest BCUT2D eigenvalue weighted by molar-refractivity contribution is 7.99. The van der Waals surface area contributed by atoms with Gasteiger partial charge in [-0.25, -0.2) is 0 Å². The maximum atomic E-state index is 12.2. The Labute approximate surface area is 106 Å². The predicted molar refractivity (Wildman–Crippen MR) is 70.0 cm³/mol. The monoisotopic (exact) mass is 251 g/mol. The van der Waals surface area contributed by atoms with Crippen molar-refractivity contribution in [1.29, 1.82) is 0 Å². The molecule has 1 aromatic heterocycles. The molecule has 0 aliphatic carbocycles. The molecule has 0 radical (unpaired) electrons. The van der Waals surface area contributed by atoms with Crippen molar-refractivity contribution in [2.75, 3.05) is 18.6 Å². The van der Waals surface area contributed by atoms with Crippen LogP contribution >= 0.6 is 11.8 Å². The minimum atomic E-state index is 0.0644. The van der Waals surface area contributed by atoms with Gasteiger partial charge >= 0.3 is 0 Å². The average Bonchev–Trinajstić information content (AvgIpc) is 2.91. The molecule has 0 spiro atoms. The molecule has 1 saturated heterocycles. The number of thioether (sulfide) groups is 1. The Morgan fingerprint density at radius 3 is 3.18 bits per heavy atom. The summed E-state index contributed by atoms with van der Waals surface area (Å²) >= 11 is 1.90. The maximum Gasteiger partial charge on any atom is 0.253 e. The number of pyridine rings is 1. The van der Waals surface area contributed by atoms with Gasteiger partial charge in [0, 0.05) is 37.1 Å².